The SMILES string of the molecule is Cc1cc(Cl)ccc1S(=O)(=O)N(C)CCC(=O)O. The summed E-state index contributed by atoms with van der Waals surface area (Å²) in [6, 6.07) is 4.47. The molecule has 0 atom stereocenters. The molecule has 0 heterocycles. The predicted octanol–water partition coefficient (Wildman–Crippen LogP) is 1.74. The maximum absolute atomic E-state index is 12.2. The number of carbonyl (C=O) groups is 1. The van der Waals surface area contributed by atoms with Gasteiger partial charge in [-0.25, -0.2) is 12.7 Å². The molecule has 0 aliphatic heterocycles. The van der Waals surface area contributed by atoms with Crippen LogP contribution in [0.4, 0.5) is 0 Å². The van der Waals surface area contributed by atoms with Crippen molar-refractivity contribution in [3.63, 3.8) is 0 Å². The van der Waals surface area contributed by atoms with Gasteiger partial charge in [0.1, 0.15) is 0 Å². The molecule has 7 heteroatoms. The van der Waals surface area contributed by atoms with Gasteiger partial charge in [0.2, 0.25) is 10.0 Å². The number of rotatable bonds is 5. The largest absolute Gasteiger partial charge is 0.481 e. The first kappa shape index (κ1) is 14.9. The molecule has 1 aromatic carbocycles. The van der Waals surface area contributed by atoms with Gasteiger partial charge < -0.3 is 5.11 Å². The van der Waals surface area contributed by atoms with Crippen LogP contribution in [-0.2, 0) is 14.8 Å². The zero-order chi connectivity index (χ0) is 13.9. The summed E-state index contributed by atoms with van der Waals surface area (Å²) >= 11 is 5.76. The lowest BCUT2D eigenvalue weighted by atomic mass is 10.2. The number of hydrogen-bond acceptors (Lipinski definition) is 3. The van der Waals surface area contributed by atoms with Gasteiger partial charge in [0.15, 0.2) is 0 Å². The fourth-order valence-electron chi connectivity index (χ4n) is 1.44. The Hall–Kier alpha value is -1.11. The average molecular weight is 292 g/mol. The molecular formula is C11H14ClNO4S. The van der Waals surface area contributed by atoms with E-state index in [1.165, 1.54) is 19.2 Å². The number of sulfonamides is 1. The topological polar surface area (TPSA) is 74.7 Å². The molecule has 1 rings (SSSR count). The Morgan fingerprint density at radius 2 is 2.06 bits per heavy atom. The number of aliphatic carboxylic acids is 1. The summed E-state index contributed by atoms with van der Waals surface area (Å²) in [5, 5.41) is 9.01. The second-order valence-electron chi connectivity index (χ2n) is 3.88. The Balaban J connectivity index is 3.02. The van der Waals surface area contributed by atoms with Crippen molar-refractivity contribution in [2.75, 3.05) is 13.6 Å². The maximum Gasteiger partial charge on any atom is 0.304 e. The summed E-state index contributed by atoms with van der Waals surface area (Å²) in [5.41, 5.74) is 0.532. The second-order valence-corrected chi connectivity index (χ2v) is 6.33. The molecule has 5 nitrogen and oxygen atoms in total. The van der Waals surface area contributed by atoms with Crippen molar-refractivity contribution < 1.29 is 18.3 Å². The molecule has 0 radical (unpaired) electrons. The minimum atomic E-state index is -3.67. The van der Waals surface area contributed by atoms with Crippen molar-refractivity contribution in [3.05, 3.63) is 28.8 Å². The normalized spacial score (nSPS) is 11.8. The van der Waals surface area contributed by atoms with Crippen molar-refractivity contribution in [2.45, 2.75) is 18.2 Å². The van der Waals surface area contributed by atoms with E-state index in [1.54, 1.807) is 13.0 Å². The Morgan fingerprint density at radius 3 is 2.56 bits per heavy atom. The van der Waals surface area contributed by atoms with Gasteiger partial charge in [-0.3, -0.25) is 4.79 Å². The summed E-state index contributed by atoms with van der Waals surface area (Å²) in [4.78, 5) is 10.6. The van der Waals surface area contributed by atoms with Crippen LogP contribution in [-0.4, -0.2) is 37.4 Å². The zero-order valence-corrected chi connectivity index (χ0v) is 11.6. The summed E-state index contributed by atoms with van der Waals surface area (Å²) in [7, 11) is -2.32. The van der Waals surface area contributed by atoms with E-state index >= 15 is 0 Å². The van der Waals surface area contributed by atoms with E-state index in [0.29, 0.717) is 10.6 Å². The third-order valence-corrected chi connectivity index (χ3v) is 4.72. The van der Waals surface area contributed by atoms with Gasteiger partial charge in [-0.05, 0) is 30.7 Å². The minimum Gasteiger partial charge on any atom is -0.481 e. The van der Waals surface area contributed by atoms with Gasteiger partial charge in [-0.2, -0.15) is 0 Å². The van der Waals surface area contributed by atoms with Crippen LogP contribution in [0.3, 0.4) is 0 Å². The molecule has 0 aromatic heterocycles. The van der Waals surface area contributed by atoms with Gasteiger partial charge in [0.05, 0.1) is 11.3 Å². The number of aryl methyl sites for hydroxylation is 1. The van der Waals surface area contributed by atoms with Crippen molar-refractivity contribution >= 4 is 27.6 Å². The molecule has 1 N–H and O–H groups in total. The molecule has 0 saturated carbocycles. The lowest BCUT2D eigenvalue weighted by Crippen LogP contribution is -2.29. The number of benzene rings is 1. The van der Waals surface area contributed by atoms with E-state index in [-0.39, 0.29) is 17.9 Å². The minimum absolute atomic E-state index is 0.0697. The van der Waals surface area contributed by atoms with Crippen molar-refractivity contribution in [3.8, 4) is 0 Å². The molecule has 0 aliphatic carbocycles. The van der Waals surface area contributed by atoms with E-state index in [9.17, 15) is 13.2 Å². The molecule has 0 bridgehead atoms. The fourth-order valence-corrected chi connectivity index (χ4v) is 3.04. The van der Waals surface area contributed by atoms with Crippen molar-refractivity contribution in [1.82, 2.24) is 4.31 Å². The highest BCUT2D eigenvalue weighted by Gasteiger charge is 2.23. The highest BCUT2D eigenvalue weighted by molar-refractivity contribution is 7.89. The molecule has 0 fully saturated rings. The first-order valence-corrected chi connectivity index (χ1v) is 7.01. The van der Waals surface area contributed by atoms with Crippen LogP contribution >= 0.6 is 11.6 Å². The third-order valence-electron chi connectivity index (χ3n) is 2.47. The smallest absolute Gasteiger partial charge is 0.304 e. The van der Waals surface area contributed by atoms with Crippen LogP contribution < -0.4 is 0 Å². The van der Waals surface area contributed by atoms with E-state index < -0.39 is 16.0 Å². The van der Waals surface area contributed by atoms with E-state index in [1.807, 2.05) is 0 Å². The Kier molecular flexibility index (Phi) is 4.72. The number of halogens is 1. The Morgan fingerprint density at radius 1 is 1.44 bits per heavy atom. The van der Waals surface area contributed by atoms with Crippen LogP contribution in [0, 0.1) is 6.92 Å². The zero-order valence-electron chi connectivity index (χ0n) is 10.1. The maximum atomic E-state index is 12.2. The molecule has 0 amide bonds. The number of carboxylic acid groups (broad SMARTS) is 1. The first-order valence-electron chi connectivity index (χ1n) is 5.19. The van der Waals surface area contributed by atoms with Crippen LogP contribution in [0.5, 0.6) is 0 Å². The van der Waals surface area contributed by atoms with Crippen LogP contribution in [0.15, 0.2) is 23.1 Å². The van der Waals surface area contributed by atoms with E-state index in [4.69, 9.17) is 16.7 Å². The van der Waals surface area contributed by atoms with Crippen LogP contribution in [0.25, 0.3) is 0 Å². The van der Waals surface area contributed by atoms with Gasteiger partial charge in [-0.15, -0.1) is 0 Å². The highest BCUT2D eigenvalue weighted by Crippen LogP contribution is 2.22. The average Bonchev–Trinajstić information content (AvgIpc) is 2.24. The second kappa shape index (κ2) is 5.69. The first-order chi connectivity index (χ1) is 8.25. The van der Waals surface area contributed by atoms with Gasteiger partial charge >= 0.3 is 5.97 Å². The summed E-state index contributed by atoms with van der Waals surface area (Å²) in [5.74, 6) is -1.04. The van der Waals surface area contributed by atoms with Crippen LogP contribution in [0.2, 0.25) is 5.02 Å². The number of carboxylic acids is 1. The molecule has 18 heavy (non-hydrogen) atoms. The lowest BCUT2D eigenvalue weighted by molar-refractivity contribution is -0.137. The van der Waals surface area contributed by atoms with E-state index in [2.05, 4.69) is 0 Å². The molecule has 0 spiro atoms. The quantitative estimate of drug-likeness (QED) is 0.897. The molecule has 0 saturated heterocycles. The molecular weight excluding hydrogens is 278 g/mol. The molecule has 0 unspecified atom stereocenters. The summed E-state index contributed by atoms with van der Waals surface area (Å²) < 4.78 is 25.4. The summed E-state index contributed by atoms with van der Waals surface area (Å²) in [6.07, 6.45) is -0.234. The van der Waals surface area contributed by atoms with Gasteiger partial charge in [0, 0.05) is 18.6 Å². The third kappa shape index (κ3) is 3.44. The molecule has 100 valence electrons. The van der Waals surface area contributed by atoms with Crippen LogP contribution in [0.1, 0.15) is 12.0 Å². The molecule has 0 aliphatic rings. The Labute approximate surface area is 111 Å². The number of nitrogens with zero attached hydrogens (tertiary/aromatic N) is 1. The molecule has 1 aromatic rings. The predicted molar refractivity (Wildman–Crippen MR) is 68.3 cm³/mol. The standard InChI is InChI=1S/C11H14ClNO4S/c1-8-7-9(12)3-4-10(8)18(16,17)13(2)6-5-11(14)15/h3-4,7H,5-6H2,1-2H3,(H,14,15). The fraction of sp³-hybridized carbons (Fsp3) is 0.364. The van der Waals surface area contributed by atoms with Gasteiger partial charge in [-0.1, -0.05) is 11.6 Å². The lowest BCUT2D eigenvalue weighted by Gasteiger charge is -2.17. The highest BCUT2D eigenvalue weighted by atomic mass is 35.5. The van der Waals surface area contributed by atoms with Crippen molar-refractivity contribution in [1.29, 1.82) is 0 Å². The monoisotopic (exact) mass is 291 g/mol. The Bertz CT molecular complexity index is 556. The van der Waals surface area contributed by atoms with Gasteiger partial charge in [0.25, 0.3) is 0 Å². The summed E-state index contributed by atoms with van der Waals surface area (Å²) in [6.45, 7) is 1.57. The van der Waals surface area contributed by atoms with Crippen molar-refractivity contribution in [2.24, 2.45) is 0 Å². The number of hydrogen-bond donors (Lipinski definition) is 1. The van der Waals surface area contributed by atoms with E-state index in [0.717, 1.165) is 4.31 Å².